The van der Waals surface area contributed by atoms with Gasteiger partial charge >= 0.3 is 5.97 Å². The van der Waals surface area contributed by atoms with E-state index in [-0.39, 0.29) is 17.9 Å². The molecule has 0 spiro atoms. The van der Waals surface area contributed by atoms with Gasteiger partial charge in [0.1, 0.15) is 5.82 Å². The average Bonchev–Trinajstić information content (AvgIpc) is 2.37. The van der Waals surface area contributed by atoms with Gasteiger partial charge in [0.15, 0.2) is 0 Å². The molecule has 0 saturated heterocycles. The van der Waals surface area contributed by atoms with Crippen molar-refractivity contribution in [1.29, 1.82) is 0 Å². The summed E-state index contributed by atoms with van der Waals surface area (Å²) in [5, 5.41) is 11.8. The summed E-state index contributed by atoms with van der Waals surface area (Å²) in [6, 6.07) is 2.89. The van der Waals surface area contributed by atoms with Gasteiger partial charge in [0.2, 0.25) is 10.0 Å². The molecule has 0 aliphatic heterocycles. The van der Waals surface area contributed by atoms with Gasteiger partial charge in [-0.3, -0.25) is 0 Å². The van der Waals surface area contributed by atoms with Crippen LogP contribution in [0.2, 0.25) is 0 Å². The van der Waals surface area contributed by atoms with E-state index in [9.17, 15) is 13.2 Å². The summed E-state index contributed by atoms with van der Waals surface area (Å²) in [4.78, 5) is 15.2. The van der Waals surface area contributed by atoms with E-state index in [1.807, 2.05) is 6.92 Å². The van der Waals surface area contributed by atoms with Gasteiger partial charge in [-0.1, -0.05) is 13.8 Å². The SMILES string of the molecule is CCNS(=O)(=O)CCNc1cc(C(=O)O)cc(CC)n1. The number of carbonyl (C=O) groups is 1. The minimum Gasteiger partial charge on any atom is -0.478 e. The summed E-state index contributed by atoms with van der Waals surface area (Å²) < 4.78 is 25.3. The molecule has 1 aromatic rings. The number of hydrogen-bond acceptors (Lipinski definition) is 5. The number of nitrogens with one attached hydrogen (secondary N) is 2. The Morgan fingerprint density at radius 3 is 2.60 bits per heavy atom. The third kappa shape index (κ3) is 5.14. The lowest BCUT2D eigenvalue weighted by molar-refractivity contribution is 0.0696. The predicted octanol–water partition coefficient (Wildman–Crippen LogP) is 0.693. The molecular weight excluding hydrogens is 282 g/mol. The summed E-state index contributed by atoms with van der Waals surface area (Å²) in [5.74, 6) is -0.764. The van der Waals surface area contributed by atoms with E-state index in [0.29, 0.717) is 24.5 Å². The summed E-state index contributed by atoms with van der Waals surface area (Å²) in [7, 11) is -3.30. The molecule has 20 heavy (non-hydrogen) atoms. The summed E-state index contributed by atoms with van der Waals surface area (Å²) in [6.07, 6.45) is 0.603. The van der Waals surface area contributed by atoms with E-state index >= 15 is 0 Å². The molecule has 0 aliphatic rings. The number of rotatable bonds is 8. The van der Waals surface area contributed by atoms with Crippen molar-refractivity contribution >= 4 is 21.8 Å². The Labute approximate surface area is 118 Å². The number of carboxylic acids is 1. The third-order valence-electron chi connectivity index (χ3n) is 2.53. The van der Waals surface area contributed by atoms with Crippen molar-refractivity contribution in [3.63, 3.8) is 0 Å². The van der Waals surface area contributed by atoms with Crippen LogP contribution < -0.4 is 10.0 Å². The quantitative estimate of drug-likeness (QED) is 0.652. The maximum atomic E-state index is 11.5. The van der Waals surface area contributed by atoms with Crippen molar-refractivity contribution in [2.24, 2.45) is 0 Å². The second kappa shape index (κ2) is 7.20. The van der Waals surface area contributed by atoms with Crippen LogP contribution in [-0.2, 0) is 16.4 Å². The van der Waals surface area contributed by atoms with Crippen LogP contribution in [0.15, 0.2) is 12.1 Å². The van der Waals surface area contributed by atoms with Crippen LogP contribution in [0.25, 0.3) is 0 Å². The fourth-order valence-corrected chi connectivity index (χ4v) is 2.54. The number of aromatic nitrogens is 1. The number of nitrogens with zero attached hydrogens (tertiary/aromatic N) is 1. The van der Waals surface area contributed by atoms with Crippen LogP contribution in [0, 0.1) is 0 Å². The maximum Gasteiger partial charge on any atom is 0.335 e. The third-order valence-corrected chi connectivity index (χ3v) is 4.00. The van der Waals surface area contributed by atoms with Gasteiger partial charge < -0.3 is 10.4 Å². The van der Waals surface area contributed by atoms with Gasteiger partial charge in [-0.15, -0.1) is 0 Å². The molecule has 0 unspecified atom stereocenters. The molecule has 3 N–H and O–H groups in total. The van der Waals surface area contributed by atoms with Crippen LogP contribution in [-0.4, -0.2) is 43.3 Å². The van der Waals surface area contributed by atoms with Crippen LogP contribution in [0.1, 0.15) is 29.9 Å². The molecule has 0 aliphatic carbocycles. The summed E-state index contributed by atoms with van der Waals surface area (Å²) >= 11 is 0. The molecule has 0 radical (unpaired) electrons. The molecule has 8 heteroatoms. The van der Waals surface area contributed by atoms with Crippen molar-refractivity contribution < 1.29 is 18.3 Å². The second-order valence-electron chi connectivity index (χ2n) is 4.13. The van der Waals surface area contributed by atoms with E-state index in [4.69, 9.17) is 5.11 Å². The molecule has 0 atom stereocenters. The normalized spacial score (nSPS) is 11.3. The predicted molar refractivity (Wildman–Crippen MR) is 76.5 cm³/mol. The molecule has 1 rings (SSSR count). The second-order valence-corrected chi connectivity index (χ2v) is 6.06. The number of anilines is 1. The molecule has 0 bridgehead atoms. The Bertz CT molecular complexity index is 572. The highest BCUT2D eigenvalue weighted by atomic mass is 32.2. The summed E-state index contributed by atoms with van der Waals surface area (Å²) in [6.45, 7) is 4.08. The largest absolute Gasteiger partial charge is 0.478 e. The first-order valence-corrected chi connectivity index (χ1v) is 7.98. The van der Waals surface area contributed by atoms with Crippen LogP contribution in [0.4, 0.5) is 5.82 Å². The van der Waals surface area contributed by atoms with Crippen molar-refractivity contribution in [1.82, 2.24) is 9.71 Å². The number of sulfonamides is 1. The van der Waals surface area contributed by atoms with Gasteiger partial charge in [0.25, 0.3) is 0 Å². The zero-order chi connectivity index (χ0) is 15.2. The first-order chi connectivity index (χ1) is 9.38. The number of pyridine rings is 1. The minimum absolute atomic E-state index is 0.0960. The Morgan fingerprint density at radius 2 is 2.05 bits per heavy atom. The molecule has 1 aromatic heterocycles. The lowest BCUT2D eigenvalue weighted by atomic mass is 10.2. The lowest BCUT2D eigenvalue weighted by Gasteiger charge is -2.09. The van der Waals surface area contributed by atoms with E-state index in [0.717, 1.165) is 0 Å². The van der Waals surface area contributed by atoms with Crippen LogP contribution >= 0.6 is 0 Å². The van der Waals surface area contributed by atoms with Crippen LogP contribution in [0.3, 0.4) is 0 Å². The lowest BCUT2D eigenvalue weighted by Crippen LogP contribution is -2.29. The van der Waals surface area contributed by atoms with E-state index < -0.39 is 16.0 Å². The van der Waals surface area contributed by atoms with E-state index in [1.54, 1.807) is 6.92 Å². The van der Waals surface area contributed by atoms with Gasteiger partial charge in [-0.2, -0.15) is 0 Å². The molecular formula is C12H19N3O4S. The molecule has 0 amide bonds. The van der Waals surface area contributed by atoms with Crippen molar-refractivity contribution in [2.45, 2.75) is 20.3 Å². The van der Waals surface area contributed by atoms with E-state index in [2.05, 4.69) is 15.0 Å². The summed E-state index contributed by atoms with van der Waals surface area (Å²) in [5.41, 5.74) is 0.774. The first-order valence-electron chi connectivity index (χ1n) is 6.33. The van der Waals surface area contributed by atoms with Crippen molar-refractivity contribution in [3.05, 3.63) is 23.4 Å². The van der Waals surface area contributed by atoms with Gasteiger partial charge in [0.05, 0.1) is 11.3 Å². The molecule has 7 nitrogen and oxygen atoms in total. The van der Waals surface area contributed by atoms with E-state index in [1.165, 1.54) is 12.1 Å². The van der Waals surface area contributed by atoms with Crippen molar-refractivity contribution in [2.75, 3.05) is 24.2 Å². The molecule has 0 aromatic carbocycles. The average molecular weight is 301 g/mol. The highest BCUT2D eigenvalue weighted by molar-refractivity contribution is 7.89. The fourth-order valence-electron chi connectivity index (χ4n) is 1.59. The monoisotopic (exact) mass is 301 g/mol. The highest BCUT2D eigenvalue weighted by Gasteiger charge is 2.10. The van der Waals surface area contributed by atoms with Crippen molar-refractivity contribution in [3.8, 4) is 0 Å². The maximum absolute atomic E-state index is 11.5. The highest BCUT2D eigenvalue weighted by Crippen LogP contribution is 2.11. The number of hydrogen-bond donors (Lipinski definition) is 3. The Hall–Kier alpha value is -1.67. The van der Waals surface area contributed by atoms with Gasteiger partial charge in [-0.25, -0.2) is 22.9 Å². The first kappa shape index (κ1) is 16.4. The molecule has 1 heterocycles. The molecule has 112 valence electrons. The standard InChI is InChI=1S/C12H19N3O4S/c1-3-10-7-9(12(16)17)8-11(15-10)13-5-6-20(18,19)14-4-2/h7-8,14H,3-6H2,1-2H3,(H,13,15)(H,16,17). The Morgan fingerprint density at radius 1 is 1.35 bits per heavy atom. The van der Waals surface area contributed by atoms with Crippen LogP contribution in [0.5, 0.6) is 0 Å². The van der Waals surface area contributed by atoms with Gasteiger partial charge in [-0.05, 0) is 18.6 Å². The smallest absolute Gasteiger partial charge is 0.335 e. The minimum atomic E-state index is -3.30. The fraction of sp³-hybridized carbons (Fsp3) is 0.500. The Kier molecular flexibility index (Phi) is 5.90. The number of aromatic carboxylic acids is 1. The number of aryl methyl sites for hydroxylation is 1. The number of carboxylic acid groups (broad SMARTS) is 1. The Balaban J connectivity index is 2.73. The van der Waals surface area contributed by atoms with Gasteiger partial charge in [0, 0.05) is 18.8 Å². The molecule has 0 fully saturated rings. The topological polar surface area (TPSA) is 108 Å². The molecule has 0 saturated carbocycles. The zero-order valence-electron chi connectivity index (χ0n) is 11.5. The zero-order valence-corrected chi connectivity index (χ0v) is 12.3.